The molecule has 0 radical (unpaired) electrons. The molecule has 0 bridgehead atoms. The number of alkyl halides is 3. The summed E-state index contributed by atoms with van der Waals surface area (Å²) in [6.45, 7) is 0.457. The first-order chi connectivity index (χ1) is 9.26. The fourth-order valence-electron chi connectivity index (χ4n) is 2.33. The molecule has 0 aromatic heterocycles. The molecule has 1 aromatic carbocycles. The Bertz CT molecular complexity index is 587. The number of rotatable bonds is 3. The Labute approximate surface area is 115 Å². The van der Waals surface area contributed by atoms with E-state index in [1.165, 1.54) is 10.4 Å². The van der Waals surface area contributed by atoms with Crippen LogP contribution in [0.2, 0.25) is 0 Å². The largest absolute Gasteiger partial charge is 0.416 e. The van der Waals surface area contributed by atoms with Gasteiger partial charge in [0.05, 0.1) is 10.5 Å². The molecular formula is C12H15F3N2O2S. The van der Waals surface area contributed by atoms with E-state index in [2.05, 4.69) is 0 Å². The normalized spacial score (nSPS) is 21.3. The van der Waals surface area contributed by atoms with E-state index in [0.29, 0.717) is 25.5 Å². The molecule has 1 aliphatic heterocycles. The predicted octanol–water partition coefficient (Wildman–Crippen LogP) is 1.82. The molecule has 112 valence electrons. The number of hydrogen-bond donors (Lipinski definition) is 1. The molecular weight excluding hydrogens is 293 g/mol. The first-order valence-corrected chi connectivity index (χ1v) is 7.60. The van der Waals surface area contributed by atoms with Crippen LogP contribution in [0, 0.1) is 0 Å². The van der Waals surface area contributed by atoms with Gasteiger partial charge < -0.3 is 5.73 Å². The molecule has 1 heterocycles. The second-order valence-corrected chi connectivity index (χ2v) is 6.56. The fourth-order valence-corrected chi connectivity index (χ4v) is 4.08. The van der Waals surface area contributed by atoms with Crippen LogP contribution in [0.25, 0.3) is 0 Å². The van der Waals surface area contributed by atoms with Crippen molar-refractivity contribution in [2.45, 2.75) is 30.0 Å². The molecule has 0 amide bonds. The summed E-state index contributed by atoms with van der Waals surface area (Å²) in [5.41, 5.74) is 4.54. The van der Waals surface area contributed by atoms with Crippen LogP contribution in [0.15, 0.2) is 29.2 Å². The predicted molar refractivity (Wildman–Crippen MR) is 67.4 cm³/mol. The second-order valence-electron chi connectivity index (χ2n) is 4.67. The minimum atomic E-state index is -4.57. The third-order valence-electron chi connectivity index (χ3n) is 3.36. The number of benzene rings is 1. The van der Waals surface area contributed by atoms with Crippen LogP contribution >= 0.6 is 0 Å². The Morgan fingerprint density at radius 3 is 2.65 bits per heavy atom. The van der Waals surface area contributed by atoms with Gasteiger partial charge in [-0.1, -0.05) is 6.07 Å². The minimum Gasteiger partial charge on any atom is -0.329 e. The summed E-state index contributed by atoms with van der Waals surface area (Å²) in [4.78, 5) is -0.340. The molecule has 1 fully saturated rings. The summed E-state index contributed by atoms with van der Waals surface area (Å²) < 4.78 is 63.9. The van der Waals surface area contributed by atoms with Crippen molar-refractivity contribution in [1.29, 1.82) is 0 Å². The molecule has 1 aliphatic rings. The molecule has 2 rings (SSSR count). The Morgan fingerprint density at radius 1 is 1.35 bits per heavy atom. The Balaban J connectivity index is 2.40. The molecule has 1 saturated heterocycles. The van der Waals surface area contributed by atoms with E-state index in [4.69, 9.17) is 5.73 Å². The number of halogens is 3. The van der Waals surface area contributed by atoms with Gasteiger partial charge in [-0.2, -0.15) is 17.5 Å². The second kappa shape index (κ2) is 5.34. The zero-order chi connectivity index (χ0) is 15.0. The van der Waals surface area contributed by atoms with E-state index in [1.54, 1.807) is 0 Å². The average molecular weight is 308 g/mol. The maximum Gasteiger partial charge on any atom is 0.416 e. The number of hydrogen-bond acceptors (Lipinski definition) is 3. The quantitative estimate of drug-likeness (QED) is 0.926. The lowest BCUT2D eigenvalue weighted by atomic mass is 10.2. The summed E-state index contributed by atoms with van der Waals surface area (Å²) in [6.07, 6.45) is -3.27. The molecule has 1 atom stereocenters. The third kappa shape index (κ3) is 2.82. The monoisotopic (exact) mass is 308 g/mol. The van der Waals surface area contributed by atoms with Crippen LogP contribution in [-0.2, 0) is 16.2 Å². The van der Waals surface area contributed by atoms with Crippen molar-refractivity contribution in [2.75, 3.05) is 13.1 Å². The van der Waals surface area contributed by atoms with Crippen molar-refractivity contribution in [3.8, 4) is 0 Å². The van der Waals surface area contributed by atoms with E-state index in [1.807, 2.05) is 0 Å². The molecule has 1 aromatic rings. The smallest absolute Gasteiger partial charge is 0.329 e. The van der Waals surface area contributed by atoms with Crippen molar-refractivity contribution in [2.24, 2.45) is 5.73 Å². The van der Waals surface area contributed by atoms with Gasteiger partial charge in [-0.15, -0.1) is 0 Å². The first-order valence-electron chi connectivity index (χ1n) is 6.16. The Kier molecular flexibility index (Phi) is 4.08. The van der Waals surface area contributed by atoms with Gasteiger partial charge in [0.25, 0.3) is 0 Å². The van der Waals surface area contributed by atoms with E-state index < -0.39 is 21.8 Å². The number of sulfonamides is 1. The highest BCUT2D eigenvalue weighted by molar-refractivity contribution is 7.89. The van der Waals surface area contributed by atoms with Crippen molar-refractivity contribution in [1.82, 2.24) is 4.31 Å². The van der Waals surface area contributed by atoms with Gasteiger partial charge >= 0.3 is 6.18 Å². The zero-order valence-corrected chi connectivity index (χ0v) is 11.4. The maximum absolute atomic E-state index is 12.6. The van der Waals surface area contributed by atoms with Crippen LogP contribution in [0.5, 0.6) is 0 Å². The minimum absolute atomic E-state index is 0.165. The van der Waals surface area contributed by atoms with Crippen molar-refractivity contribution < 1.29 is 21.6 Å². The third-order valence-corrected chi connectivity index (χ3v) is 5.31. The lowest BCUT2D eigenvalue weighted by Crippen LogP contribution is -2.39. The molecule has 0 spiro atoms. The van der Waals surface area contributed by atoms with Crippen LogP contribution in [0.4, 0.5) is 13.2 Å². The standard InChI is InChI=1S/C12H15F3N2O2S/c13-12(14,15)9-3-1-5-11(7-9)20(18,19)17-6-2-4-10(17)8-16/h1,3,5,7,10H,2,4,6,8,16H2/t10-/m1/s1. The molecule has 20 heavy (non-hydrogen) atoms. The first kappa shape index (κ1) is 15.3. The number of nitrogens with two attached hydrogens (primary N) is 1. The highest BCUT2D eigenvalue weighted by Gasteiger charge is 2.36. The van der Waals surface area contributed by atoms with Crippen molar-refractivity contribution in [3.05, 3.63) is 29.8 Å². The topological polar surface area (TPSA) is 63.4 Å². The van der Waals surface area contributed by atoms with Gasteiger partial charge in [-0.3, -0.25) is 0 Å². The SMILES string of the molecule is NC[C@H]1CCCN1S(=O)(=O)c1cccc(C(F)(F)F)c1. The van der Waals surface area contributed by atoms with E-state index in [0.717, 1.165) is 12.1 Å². The van der Waals surface area contributed by atoms with Gasteiger partial charge in [0.15, 0.2) is 0 Å². The zero-order valence-electron chi connectivity index (χ0n) is 10.6. The highest BCUT2D eigenvalue weighted by Crippen LogP contribution is 2.32. The summed E-state index contributed by atoms with van der Waals surface area (Å²) in [5.74, 6) is 0. The van der Waals surface area contributed by atoms with Gasteiger partial charge in [0, 0.05) is 19.1 Å². The van der Waals surface area contributed by atoms with Gasteiger partial charge in [-0.05, 0) is 31.0 Å². The fraction of sp³-hybridized carbons (Fsp3) is 0.500. The van der Waals surface area contributed by atoms with Crippen molar-refractivity contribution >= 4 is 10.0 Å². The van der Waals surface area contributed by atoms with Gasteiger partial charge in [0.2, 0.25) is 10.0 Å². The lowest BCUT2D eigenvalue weighted by Gasteiger charge is -2.23. The van der Waals surface area contributed by atoms with E-state index in [-0.39, 0.29) is 17.5 Å². The molecule has 0 saturated carbocycles. The Morgan fingerprint density at radius 2 is 2.05 bits per heavy atom. The van der Waals surface area contributed by atoms with Crippen LogP contribution in [-0.4, -0.2) is 31.9 Å². The van der Waals surface area contributed by atoms with Crippen molar-refractivity contribution in [3.63, 3.8) is 0 Å². The molecule has 4 nitrogen and oxygen atoms in total. The van der Waals surface area contributed by atoms with Crippen LogP contribution in [0.1, 0.15) is 18.4 Å². The summed E-state index contributed by atoms with van der Waals surface area (Å²) in [7, 11) is -3.93. The van der Waals surface area contributed by atoms with E-state index >= 15 is 0 Å². The molecule has 2 N–H and O–H groups in total. The average Bonchev–Trinajstić information content (AvgIpc) is 2.87. The number of nitrogens with zero attached hydrogens (tertiary/aromatic N) is 1. The summed E-state index contributed by atoms with van der Waals surface area (Å²) in [5, 5.41) is 0. The summed E-state index contributed by atoms with van der Waals surface area (Å²) >= 11 is 0. The molecule has 8 heteroatoms. The van der Waals surface area contributed by atoms with E-state index in [9.17, 15) is 21.6 Å². The summed E-state index contributed by atoms with van der Waals surface area (Å²) in [6, 6.07) is 3.46. The van der Waals surface area contributed by atoms with Gasteiger partial charge in [-0.25, -0.2) is 8.42 Å². The van der Waals surface area contributed by atoms with Crippen LogP contribution in [0.3, 0.4) is 0 Å². The Hall–Kier alpha value is -1.12. The molecule has 0 unspecified atom stereocenters. The van der Waals surface area contributed by atoms with Crippen LogP contribution < -0.4 is 5.73 Å². The van der Waals surface area contributed by atoms with Gasteiger partial charge in [0.1, 0.15) is 0 Å². The highest BCUT2D eigenvalue weighted by atomic mass is 32.2. The maximum atomic E-state index is 12.6. The lowest BCUT2D eigenvalue weighted by molar-refractivity contribution is -0.137. The molecule has 0 aliphatic carbocycles.